The Kier molecular flexibility index (Phi) is 4.26. The van der Waals surface area contributed by atoms with Crippen molar-refractivity contribution in [3.8, 4) is 6.07 Å². The van der Waals surface area contributed by atoms with E-state index < -0.39 is 0 Å². The minimum absolute atomic E-state index is 0.0194. The van der Waals surface area contributed by atoms with E-state index in [4.69, 9.17) is 16.9 Å². The van der Waals surface area contributed by atoms with Crippen molar-refractivity contribution in [3.63, 3.8) is 0 Å². The van der Waals surface area contributed by atoms with Crippen molar-refractivity contribution in [3.05, 3.63) is 58.6 Å². The summed E-state index contributed by atoms with van der Waals surface area (Å²) in [4.78, 5) is 13.3. The SMILES string of the molecule is CC(=O)c1ccc(C#N)cc1Sc1cccc(Cl)c1. The van der Waals surface area contributed by atoms with Gasteiger partial charge < -0.3 is 0 Å². The maximum absolute atomic E-state index is 11.6. The molecule has 0 spiro atoms. The van der Waals surface area contributed by atoms with Gasteiger partial charge in [0.25, 0.3) is 0 Å². The number of hydrogen-bond donors (Lipinski definition) is 0. The van der Waals surface area contributed by atoms with E-state index in [9.17, 15) is 4.79 Å². The van der Waals surface area contributed by atoms with Crippen LogP contribution in [0, 0.1) is 11.3 Å². The fourth-order valence-electron chi connectivity index (χ4n) is 1.62. The number of halogens is 1. The number of hydrogen-bond acceptors (Lipinski definition) is 3. The minimum atomic E-state index is -0.0194. The average Bonchev–Trinajstić information content (AvgIpc) is 2.38. The monoisotopic (exact) mass is 287 g/mol. The highest BCUT2D eigenvalue weighted by molar-refractivity contribution is 7.99. The predicted molar refractivity (Wildman–Crippen MR) is 76.7 cm³/mol. The third kappa shape index (κ3) is 3.37. The van der Waals surface area contributed by atoms with Crippen LogP contribution in [0.5, 0.6) is 0 Å². The summed E-state index contributed by atoms with van der Waals surface area (Å²) in [7, 11) is 0. The molecule has 0 saturated heterocycles. The van der Waals surface area contributed by atoms with Gasteiger partial charge in [-0.2, -0.15) is 5.26 Å². The van der Waals surface area contributed by atoms with Gasteiger partial charge in [0.15, 0.2) is 5.78 Å². The number of nitriles is 1. The third-order valence-corrected chi connectivity index (χ3v) is 3.80. The van der Waals surface area contributed by atoms with E-state index in [-0.39, 0.29) is 5.78 Å². The number of carbonyl (C=O) groups is 1. The lowest BCUT2D eigenvalue weighted by atomic mass is 10.1. The van der Waals surface area contributed by atoms with Crippen molar-refractivity contribution >= 4 is 29.1 Å². The summed E-state index contributed by atoms with van der Waals surface area (Å²) in [5.41, 5.74) is 1.15. The van der Waals surface area contributed by atoms with Gasteiger partial charge >= 0.3 is 0 Å². The van der Waals surface area contributed by atoms with Gasteiger partial charge in [0, 0.05) is 20.4 Å². The Hall–Kier alpha value is -1.76. The molecule has 2 rings (SSSR count). The van der Waals surface area contributed by atoms with Crippen LogP contribution < -0.4 is 0 Å². The van der Waals surface area contributed by atoms with E-state index >= 15 is 0 Å². The minimum Gasteiger partial charge on any atom is -0.294 e. The number of ketones is 1. The lowest BCUT2D eigenvalue weighted by Gasteiger charge is -2.07. The summed E-state index contributed by atoms with van der Waals surface area (Å²) >= 11 is 7.37. The fourth-order valence-corrected chi connectivity index (χ4v) is 2.97. The molecule has 94 valence electrons. The smallest absolute Gasteiger partial charge is 0.160 e. The van der Waals surface area contributed by atoms with E-state index in [0.717, 1.165) is 9.79 Å². The van der Waals surface area contributed by atoms with Crippen LogP contribution in [0.1, 0.15) is 22.8 Å². The second kappa shape index (κ2) is 5.92. The normalized spacial score (nSPS) is 9.95. The molecule has 0 aromatic heterocycles. The molecule has 0 N–H and O–H groups in total. The maximum atomic E-state index is 11.6. The fraction of sp³-hybridized carbons (Fsp3) is 0.0667. The van der Waals surface area contributed by atoms with Crippen molar-refractivity contribution in [2.75, 3.05) is 0 Å². The molecular weight excluding hydrogens is 278 g/mol. The van der Waals surface area contributed by atoms with Crippen LogP contribution in [0.4, 0.5) is 0 Å². The number of nitrogens with zero attached hydrogens (tertiary/aromatic N) is 1. The van der Waals surface area contributed by atoms with Crippen LogP contribution in [0.3, 0.4) is 0 Å². The van der Waals surface area contributed by atoms with Crippen molar-refractivity contribution in [2.45, 2.75) is 16.7 Å². The second-order valence-corrected chi connectivity index (χ2v) is 5.49. The largest absolute Gasteiger partial charge is 0.294 e. The second-order valence-electron chi connectivity index (χ2n) is 3.94. The first-order chi connectivity index (χ1) is 9.10. The van der Waals surface area contributed by atoms with Gasteiger partial charge in [-0.25, -0.2) is 0 Å². The highest BCUT2D eigenvalue weighted by atomic mass is 35.5. The molecule has 0 heterocycles. The standard InChI is InChI=1S/C15H10ClNOS/c1-10(18)14-6-5-11(9-17)7-15(14)19-13-4-2-3-12(16)8-13/h2-8H,1H3. The summed E-state index contributed by atoms with van der Waals surface area (Å²) in [6.07, 6.45) is 0. The van der Waals surface area contributed by atoms with Gasteiger partial charge in [0.1, 0.15) is 0 Å². The third-order valence-electron chi connectivity index (χ3n) is 2.51. The van der Waals surface area contributed by atoms with Crippen LogP contribution in [0.15, 0.2) is 52.3 Å². The molecule has 0 aliphatic rings. The van der Waals surface area contributed by atoms with Crippen LogP contribution in [0.2, 0.25) is 5.02 Å². The molecule has 0 unspecified atom stereocenters. The molecule has 0 atom stereocenters. The van der Waals surface area contributed by atoms with Crippen LogP contribution in [-0.2, 0) is 0 Å². The molecule has 4 heteroatoms. The van der Waals surface area contributed by atoms with E-state index in [2.05, 4.69) is 6.07 Å². The van der Waals surface area contributed by atoms with E-state index in [1.54, 1.807) is 24.3 Å². The Morgan fingerprint density at radius 2 is 2.05 bits per heavy atom. The van der Waals surface area contributed by atoms with Crippen LogP contribution in [-0.4, -0.2) is 5.78 Å². The molecule has 0 amide bonds. The molecule has 2 nitrogen and oxygen atoms in total. The van der Waals surface area contributed by atoms with Crippen LogP contribution in [0.25, 0.3) is 0 Å². The highest BCUT2D eigenvalue weighted by Crippen LogP contribution is 2.32. The zero-order chi connectivity index (χ0) is 13.8. The number of carbonyl (C=O) groups excluding carboxylic acids is 1. The lowest BCUT2D eigenvalue weighted by Crippen LogP contribution is -1.95. The molecular formula is C15H10ClNOS. The number of benzene rings is 2. The first kappa shape index (κ1) is 13.7. The molecule has 0 bridgehead atoms. The van der Waals surface area contributed by atoms with Crippen molar-refractivity contribution in [1.82, 2.24) is 0 Å². The molecule has 2 aromatic carbocycles. The molecule has 0 aliphatic heterocycles. The molecule has 0 saturated carbocycles. The van der Waals surface area contributed by atoms with Gasteiger partial charge in [-0.3, -0.25) is 4.79 Å². The molecule has 2 aromatic rings. The van der Waals surface area contributed by atoms with Gasteiger partial charge in [-0.1, -0.05) is 29.4 Å². The quantitative estimate of drug-likeness (QED) is 0.777. The van der Waals surface area contributed by atoms with Gasteiger partial charge in [0.05, 0.1) is 11.6 Å². The zero-order valence-electron chi connectivity index (χ0n) is 10.2. The Bertz CT molecular complexity index is 676. The molecule has 0 radical (unpaired) electrons. The van der Waals surface area contributed by atoms with Crippen molar-refractivity contribution < 1.29 is 4.79 Å². The van der Waals surface area contributed by atoms with E-state index in [0.29, 0.717) is 16.1 Å². The summed E-state index contributed by atoms with van der Waals surface area (Å²) in [5, 5.41) is 9.58. The average molecular weight is 288 g/mol. The molecule has 0 aliphatic carbocycles. The van der Waals surface area contributed by atoms with E-state index in [1.165, 1.54) is 18.7 Å². The molecule has 19 heavy (non-hydrogen) atoms. The lowest BCUT2D eigenvalue weighted by molar-refractivity contribution is 0.101. The topological polar surface area (TPSA) is 40.9 Å². The number of Topliss-reactive ketones (excluding diaryl/α,β-unsaturated/α-hetero) is 1. The maximum Gasteiger partial charge on any atom is 0.160 e. The van der Waals surface area contributed by atoms with Gasteiger partial charge in [-0.05, 0) is 43.3 Å². The first-order valence-corrected chi connectivity index (χ1v) is 6.78. The highest BCUT2D eigenvalue weighted by Gasteiger charge is 2.10. The van der Waals surface area contributed by atoms with Crippen molar-refractivity contribution in [2.24, 2.45) is 0 Å². The summed E-state index contributed by atoms with van der Waals surface area (Å²) in [5.74, 6) is -0.0194. The van der Waals surface area contributed by atoms with E-state index in [1.807, 2.05) is 18.2 Å². The molecule has 0 fully saturated rings. The Labute approximate surface area is 121 Å². The zero-order valence-corrected chi connectivity index (χ0v) is 11.8. The van der Waals surface area contributed by atoms with Crippen LogP contribution >= 0.6 is 23.4 Å². The Balaban J connectivity index is 2.43. The predicted octanol–water partition coefficient (Wildman–Crippen LogP) is 4.57. The Morgan fingerprint density at radius 1 is 1.26 bits per heavy atom. The Morgan fingerprint density at radius 3 is 2.68 bits per heavy atom. The summed E-state index contributed by atoms with van der Waals surface area (Å²) in [6, 6.07) is 14.5. The first-order valence-electron chi connectivity index (χ1n) is 5.58. The summed E-state index contributed by atoms with van der Waals surface area (Å²) in [6.45, 7) is 1.52. The van der Waals surface area contributed by atoms with Gasteiger partial charge in [0.2, 0.25) is 0 Å². The van der Waals surface area contributed by atoms with Gasteiger partial charge in [-0.15, -0.1) is 0 Å². The van der Waals surface area contributed by atoms with Crippen molar-refractivity contribution in [1.29, 1.82) is 5.26 Å². The summed E-state index contributed by atoms with van der Waals surface area (Å²) < 4.78 is 0. The number of rotatable bonds is 3.